The molecule has 2 unspecified atom stereocenters. The minimum atomic E-state index is -1.40. The Labute approximate surface area is 160 Å². The van der Waals surface area contributed by atoms with Gasteiger partial charge in [-0.1, -0.05) is 30.3 Å². The molecule has 1 heterocycles. The molecule has 1 saturated heterocycles. The van der Waals surface area contributed by atoms with Gasteiger partial charge in [0.15, 0.2) is 0 Å². The fraction of sp³-hybridized carbons (Fsp3) is 0.250. The molecule has 0 saturated carbocycles. The number of rotatable bonds is 5. The number of nitrogens with zero attached hydrogens (tertiary/aromatic N) is 1. The number of benzene rings is 2. The summed E-state index contributed by atoms with van der Waals surface area (Å²) in [4.78, 5) is 38.1. The van der Waals surface area contributed by atoms with Crippen LogP contribution in [0.4, 0.5) is 13.6 Å². The normalized spacial score (nSPS) is 20.1. The van der Waals surface area contributed by atoms with Crippen LogP contribution in [0.3, 0.4) is 0 Å². The first-order chi connectivity index (χ1) is 13.2. The average molecular weight is 387 g/mol. The summed E-state index contributed by atoms with van der Waals surface area (Å²) in [5.41, 5.74) is -0.707. The van der Waals surface area contributed by atoms with Crippen molar-refractivity contribution in [2.24, 2.45) is 0 Å². The molecule has 8 heteroatoms. The molecule has 2 atom stereocenters. The zero-order valence-electron chi connectivity index (χ0n) is 15.3. The van der Waals surface area contributed by atoms with Crippen molar-refractivity contribution >= 4 is 17.8 Å². The first-order valence-electron chi connectivity index (χ1n) is 8.66. The van der Waals surface area contributed by atoms with E-state index in [0.717, 1.165) is 4.90 Å². The van der Waals surface area contributed by atoms with Crippen LogP contribution in [-0.2, 0) is 15.1 Å². The number of amides is 4. The summed E-state index contributed by atoms with van der Waals surface area (Å²) in [5.74, 6) is -2.17. The minimum Gasteiger partial charge on any atom is -0.348 e. The van der Waals surface area contributed by atoms with Gasteiger partial charge < -0.3 is 10.6 Å². The molecule has 2 aromatic rings. The molecule has 28 heavy (non-hydrogen) atoms. The second kappa shape index (κ2) is 7.38. The van der Waals surface area contributed by atoms with Crippen LogP contribution in [0, 0.1) is 11.6 Å². The maximum atomic E-state index is 13.8. The highest BCUT2D eigenvalue weighted by atomic mass is 19.1. The van der Waals surface area contributed by atoms with Crippen LogP contribution in [-0.4, -0.2) is 29.3 Å². The lowest BCUT2D eigenvalue weighted by atomic mass is 9.92. The van der Waals surface area contributed by atoms with Crippen LogP contribution < -0.4 is 10.6 Å². The van der Waals surface area contributed by atoms with Crippen molar-refractivity contribution in [3.05, 3.63) is 71.3 Å². The van der Waals surface area contributed by atoms with Crippen LogP contribution in [0.15, 0.2) is 48.5 Å². The first-order valence-corrected chi connectivity index (χ1v) is 8.66. The first kappa shape index (κ1) is 19.5. The third-order valence-electron chi connectivity index (χ3n) is 4.75. The van der Waals surface area contributed by atoms with E-state index in [2.05, 4.69) is 10.6 Å². The van der Waals surface area contributed by atoms with Crippen molar-refractivity contribution in [3.63, 3.8) is 0 Å². The van der Waals surface area contributed by atoms with Crippen molar-refractivity contribution in [2.75, 3.05) is 6.54 Å². The van der Waals surface area contributed by atoms with Gasteiger partial charge in [0.05, 0.1) is 6.04 Å². The molecular formula is C20H19F2N3O3. The number of hydrogen-bond donors (Lipinski definition) is 2. The van der Waals surface area contributed by atoms with Gasteiger partial charge in [0.1, 0.15) is 23.7 Å². The average Bonchev–Trinajstić information content (AvgIpc) is 2.86. The van der Waals surface area contributed by atoms with Crippen LogP contribution in [0.25, 0.3) is 0 Å². The molecule has 2 aromatic carbocycles. The van der Waals surface area contributed by atoms with Gasteiger partial charge in [0, 0.05) is 5.56 Å². The minimum absolute atomic E-state index is 0.296. The van der Waals surface area contributed by atoms with E-state index in [1.807, 2.05) is 0 Å². The van der Waals surface area contributed by atoms with Gasteiger partial charge in [-0.2, -0.15) is 0 Å². The van der Waals surface area contributed by atoms with Crippen LogP contribution in [0.5, 0.6) is 0 Å². The largest absolute Gasteiger partial charge is 0.348 e. The molecule has 3 rings (SSSR count). The van der Waals surface area contributed by atoms with E-state index < -0.39 is 47.6 Å². The lowest BCUT2D eigenvalue weighted by Crippen LogP contribution is -2.43. The van der Waals surface area contributed by atoms with Crippen molar-refractivity contribution in [1.82, 2.24) is 15.5 Å². The third kappa shape index (κ3) is 3.58. The summed E-state index contributed by atoms with van der Waals surface area (Å²) < 4.78 is 27.0. The SMILES string of the molecule is CC(NC(=O)CN1C(=O)NC(C)(c2ccc(F)cc2)C1=O)c1ccccc1F. The molecule has 4 amide bonds. The Bertz CT molecular complexity index is 933. The quantitative estimate of drug-likeness (QED) is 0.774. The summed E-state index contributed by atoms with van der Waals surface area (Å²) >= 11 is 0. The zero-order valence-corrected chi connectivity index (χ0v) is 15.3. The molecule has 0 spiro atoms. The summed E-state index contributed by atoms with van der Waals surface area (Å²) in [7, 11) is 0. The van der Waals surface area contributed by atoms with Gasteiger partial charge >= 0.3 is 6.03 Å². The standard InChI is InChI=1S/C20H19F2N3O3/c1-12(15-5-3-4-6-16(15)22)23-17(26)11-25-18(27)20(2,24-19(25)28)13-7-9-14(21)10-8-13/h3-10,12H,11H2,1-2H3,(H,23,26)(H,24,28). The lowest BCUT2D eigenvalue weighted by molar-refractivity contribution is -0.135. The monoisotopic (exact) mass is 387 g/mol. The van der Waals surface area contributed by atoms with Crippen molar-refractivity contribution in [1.29, 1.82) is 0 Å². The molecule has 1 aliphatic rings. The summed E-state index contributed by atoms with van der Waals surface area (Å²) in [6, 6.07) is 9.81. The fourth-order valence-corrected chi connectivity index (χ4v) is 3.15. The van der Waals surface area contributed by atoms with E-state index in [1.165, 1.54) is 43.3 Å². The van der Waals surface area contributed by atoms with E-state index >= 15 is 0 Å². The number of carbonyl (C=O) groups is 3. The van der Waals surface area contributed by atoms with Gasteiger partial charge in [-0.05, 0) is 37.6 Å². The van der Waals surface area contributed by atoms with Crippen LogP contribution >= 0.6 is 0 Å². The molecule has 0 radical (unpaired) electrons. The van der Waals surface area contributed by atoms with E-state index in [0.29, 0.717) is 11.1 Å². The van der Waals surface area contributed by atoms with Crippen LogP contribution in [0.1, 0.15) is 31.0 Å². The fourth-order valence-electron chi connectivity index (χ4n) is 3.15. The Kier molecular flexibility index (Phi) is 5.13. The zero-order chi connectivity index (χ0) is 20.5. The lowest BCUT2D eigenvalue weighted by Gasteiger charge is -2.22. The smallest absolute Gasteiger partial charge is 0.325 e. The van der Waals surface area contributed by atoms with Gasteiger partial charge in [-0.25, -0.2) is 13.6 Å². The topological polar surface area (TPSA) is 78.5 Å². The van der Waals surface area contributed by atoms with Gasteiger partial charge in [0.25, 0.3) is 5.91 Å². The maximum absolute atomic E-state index is 13.8. The molecule has 6 nitrogen and oxygen atoms in total. The molecular weight excluding hydrogens is 368 g/mol. The Hall–Kier alpha value is -3.29. The number of hydrogen-bond acceptors (Lipinski definition) is 3. The predicted octanol–water partition coefficient (Wildman–Crippen LogP) is 2.61. The Balaban J connectivity index is 1.71. The second-order valence-corrected chi connectivity index (χ2v) is 6.76. The molecule has 1 fully saturated rings. The molecule has 146 valence electrons. The summed E-state index contributed by atoms with van der Waals surface area (Å²) in [6.45, 7) is 2.57. The summed E-state index contributed by atoms with van der Waals surface area (Å²) in [6.07, 6.45) is 0. The molecule has 0 aliphatic carbocycles. The van der Waals surface area contributed by atoms with Gasteiger partial charge in [0.2, 0.25) is 5.91 Å². The maximum Gasteiger partial charge on any atom is 0.325 e. The molecule has 2 N–H and O–H groups in total. The van der Waals surface area contributed by atoms with E-state index in [1.54, 1.807) is 19.1 Å². The van der Waals surface area contributed by atoms with E-state index in [4.69, 9.17) is 0 Å². The van der Waals surface area contributed by atoms with E-state index in [9.17, 15) is 23.2 Å². The van der Waals surface area contributed by atoms with Crippen molar-refractivity contribution in [2.45, 2.75) is 25.4 Å². The van der Waals surface area contributed by atoms with Gasteiger partial charge in [-0.15, -0.1) is 0 Å². The Morgan fingerprint density at radius 1 is 1.14 bits per heavy atom. The highest BCUT2D eigenvalue weighted by molar-refractivity contribution is 6.09. The van der Waals surface area contributed by atoms with Gasteiger partial charge in [-0.3, -0.25) is 14.5 Å². The Morgan fingerprint density at radius 2 is 1.79 bits per heavy atom. The number of urea groups is 1. The van der Waals surface area contributed by atoms with Crippen molar-refractivity contribution < 1.29 is 23.2 Å². The third-order valence-corrected chi connectivity index (χ3v) is 4.75. The Morgan fingerprint density at radius 3 is 2.43 bits per heavy atom. The number of carbonyl (C=O) groups excluding carboxylic acids is 3. The number of nitrogens with one attached hydrogen (secondary N) is 2. The molecule has 0 bridgehead atoms. The number of halogens is 2. The molecule has 1 aliphatic heterocycles. The molecule has 0 aromatic heterocycles. The number of imide groups is 1. The van der Waals surface area contributed by atoms with Crippen LogP contribution in [0.2, 0.25) is 0 Å². The van der Waals surface area contributed by atoms with E-state index in [-0.39, 0.29) is 0 Å². The highest BCUT2D eigenvalue weighted by Gasteiger charge is 2.49. The second-order valence-electron chi connectivity index (χ2n) is 6.76. The highest BCUT2D eigenvalue weighted by Crippen LogP contribution is 2.28. The summed E-state index contributed by atoms with van der Waals surface area (Å²) in [5, 5.41) is 5.12. The predicted molar refractivity (Wildman–Crippen MR) is 97.0 cm³/mol. The van der Waals surface area contributed by atoms with Crippen molar-refractivity contribution in [3.8, 4) is 0 Å².